The normalized spacial score (nSPS) is 10.6. The number of carbonyl (C=O) groups is 1. The molecule has 0 aliphatic rings. The van der Waals surface area contributed by atoms with Gasteiger partial charge in [0.15, 0.2) is 0 Å². The number of nitrogens with one attached hydrogen (secondary N) is 1. The zero-order valence-electron chi connectivity index (χ0n) is 14.8. The Hall–Kier alpha value is -2.79. The Morgan fingerprint density at radius 3 is 2.77 bits per heavy atom. The highest BCUT2D eigenvalue weighted by atomic mass is 35.5. The summed E-state index contributed by atoms with van der Waals surface area (Å²) in [7, 11) is 1.60. The zero-order valence-corrected chi connectivity index (χ0v) is 15.6. The molecule has 1 N–H and O–H groups in total. The Bertz CT molecular complexity index is 973. The molecule has 0 saturated heterocycles. The standard InChI is InChI=1S/C20H19ClN2O3/c1-4-26-20(24)15-11-22-16-7-6-13(21)10-14(16)19(15)23-17-9-12(2)5-8-18(17)25-3/h5-11H,4H2,1-3H3,(H,22,23). The number of hydrogen-bond acceptors (Lipinski definition) is 5. The molecule has 26 heavy (non-hydrogen) atoms. The molecule has 0 radical (unpaired) electrons. The molecule has 1 heterocycles. The maximum absolute atomic E-state index is 12.4. The molecular weight excluding hydrogens is 352 g/mol. The van der Waals surface area contributed by atoms with E-state index in [0.717, 1.165) is 22.2 Å². The van der Waals surface area contributed by atoms with Gasteiger partial charge in [-0.05, 0) is 49.7 Å². The summed E-state index contributed by atoms with van der Waals surface area (Å²) >= 11 is 6.17. The monoisotopic (exact) mass is 370 g/mol. The van der Waals surface area contributed by atoms with Crippen molar-refractivity contribution in [2.75, 3.05) is 19.0 Å². The number of anilines is 2. The molecule has 1 aromatic heterocycles. The van der Waals surface area contributed by atoms with E-state index in [1.165, 1.54) is 6.20 Å². The van der Waals surface area contributed by atoms with Crippen molar-refractivity contribution in [2.24, 2.45) is 0 Å². The lowest BCUT2D eigenvalue weighted by atomic mass is 10.1. The van der Waals surface area contributed by atoms with Gasteiger partial charge in [-0.25, -0.2) is 4.79 Å². The number of aryl methyl sites for hydroxylation is 1. The topological polar surface area (TPSA) is 60.5 Å². The molecule has 0 fully saturated rings. The summed E-state index contributed by atoms with van der Waals surface area (Å²) in [5.41, 5.74) is 3.44. The van der Waals surface area contributed by atoms with Gasteiger partial charge in [-0.2, -0.15) is 0 Å². The van der Waals surface area contributed by atoms with Crippen molar-refractivity contribution in [2.45, 2.75) is 13.8 Å². The summed E-state index contributed by atoms with van der Waals surface area (Å²) in [6.07, 6.45) is 1.51. The molecule has 0 spiro atoms. The molecule has 134 valence electrons. The molecule has 0 atom stereocenters. The average molecular weight is 371 g/mol. The van der Waals surface area contributed by atoms with Crippen LogP contribution in [0.15, 0.2) is 42.6 Å². The Morgan fingerprint density at radius 1 is 1.23 bits per heavy atom. The van der Waals surface area contributed by atoms with Crippen LogP contribution in [-0.4, -0.2) is 24.7 Å². The lowest BCUT2D eigenvalue weighted by molar-refractivity contribution is 0.0527. The lowest BCUT2D eigenvalue weighted by Gasteiger charge is -2.16. The van der Waals surface area contributed by atoms with E-state index < -0.39 is 5.97 Å². The van der Waals surface area contributed by atoms with Crippen LogP contribution in [0.2, 0.25) is 5.02 Å². The number of benzene rings is 2. The van der Waals surface area contributed by atoms with Crippen molar-refractivity contribution in [3.8, 4) is 5.75 Å². The second kappa shape index (κ2) is 7.62. The number of pyridine rings is 1. The number of hydrogen-bond donors (Lipinski definition) is 1. The second-order valence-corrected chi connectivity index (χ2v) is 6.19. The van der Waals surface area contributed by atoms with Crippen molar-refractivity contribution in [3.05, 3.63) is 58.7 Å². The summed E-state index contributed by atoms with van der Waals surface area (Å²) in [4.78, 5) is 16.8. The van der Waals surface area contributed by atoms with Gasteiger partial charge in [0.1, 0.15) is 11.3 Å². The van der Waals surface area contributed by atoms with E-state index in [0.29, 0.717) is 22.0 Å². The number of esters is 1. The van der Waals surface area contributed by atoms with Crippen molar-refractivity contribution in [1.82, 2.24) is 4.98 Å². The Kier molecular flexibility index (Phi) is 5.28. The van der Waals surface area contributed by atoms with Gasteiger partial charge in [-0.1, -0.05) is 17.7 Å². The van der Waals surface area contributed by atoms with Crippen LogP contribution in [0.25, 0.3) is 10.9 Å². The van der Waals surface area contributed by atoms with Crippen LogP contribution in [-0.2, 0) is 4.74 Å². The van der Waals surface area contributed by atoms with Gasteiger partial charge in [0.05, 0.1) is 30.6 Å². The molecule has 0 bridgehead atoms. The third-order valence-corrected chi connectivity index (χ3v) is 4.18. The SMILES string of the molecule is CCOC(=O)c1cnc2ccc(Cl)cc2c1Nc1cc(C)ccc1OC. The molecule has 0 unspecified atom stereocenters. The first-order chi connectivity index (χ1) is 12.5. The summed E-state index contributed by atoms with van der Waals surface area (Å²) < 4.78 is 10.6. The molecule has 5 nitrogen and oxygen atoms in total. The first kappa shape index (κ1) is 18.0. The van der Waals surface area contributed by atoms with Crippen LogP contribution in [0, 0.1) is 6.92 Å². The van der Waals surface area contributed by atoms with Gasteiger partial charge in [0, 0.05) is 16.6 Å². The van der Waals surface area contributed by atoms with Gasteiger partial charge in [-0.15, -0.1) is 0 Å². The number of carbonyl (C=O) groups excluding carboxylic acids is 1. The summed E-state index contributed by atoms with van der Waals surface area (Å²) in [5.74, 6) is 0.216. The number of methoxy groups -OCH3 is 1. The molecule has 6 heteroatoms. The Labute approximate surface area is 156 Å². The van der Waals surface area contributed by atoms with E-state index in [4.69, 9.17) is 21.1 Å². The molecule has 3 aromatic rings. The number of ether oxygens (including phenoxy) is 2. The minimum atomic E-state index is -0.448. The highest BCUT2D eigenvalue weighted by Crippen LogP contribution is 2.35. The van der Waals surface area contributed by atoms with Gasteiger partial charge >= 0.3 is 5.97 Å². The largest absolute Gasteiger partial charge is 0.495 e. The first-order valence-corrected chi connectivity index (χ1v) is 8.58. The maximum Gasteiger partial charge on any atom is 0.341 e. The molecule has 0 saturated carbocycles. The molecular formula is C20H19ClN2O3. The van der Waals surface area contributed by atoms with Crippen molar-refractivity contribution in [3.63, 3.8) is 0 Å². The number of fused-ring (bicyclic) bond motifs is 1. The lowest BCUT2D eigenvalue weighted by Crippen LogP contribution is -2.09. The van der Waals surface area contributed by atoms with Crippen LogP contribution >= 0.6 is 11.6 Å². The Balaban J connectivity index is 2.21. The molecule has 2 aromatic carbocycles. The fraction of sp³-hybridized carbons (Fsp3) is 0.200. The third-order valence-electron chi connectivity index (χ3n) is 3.94. The van der Waals surface area contributed by atoms with E-state index in [-0.39, 0.29) is 6.61 Å². The predicted molar refractivity (Wildman–Crippen MR) is 104 cm³/mol. The van der Waals surface area contributed by atoms with Gasteiger partial charge in [-0.3, -0.25) is 4.98 Å². The summed E-state index contributed by atoms with van der Waals surface area (Å²) in [5, 5.41) is 4.60. The molecule has 0 aliphatic carbocycles. The quantitative estimate of drug-likeness (QED) is 0.631. The minimum absolute atomic E-state index is 0.277. The molecule has 0 aliphatic heterocycles. The number of aromatic nitrogens is 1. The van der Waals surface area contributed by atoms with E-state index in [2.05, 4.69) is 10.3 Å². The van der Waals surface area contributed by atoms with E-state index in [1.807, 2.05) is 31.2 Å². The number of rotatable bonds is 5. The van der Waals surface area contributed by atoms with Crippen molar-refractivity contribution >= 4 is 39.8 Å². The van der Waals surface area contributed by atoms with E-state index in [1.54, 1.807) is 26.2 Å². The molecule has 0 amide bonds. The smallest absolute Gasteiger partial charge is 0.341 e. The van der Waals surface area contributed by atoms with Crippen molar-refractivity contribution in [1.29, 1.82) is 0 Å². The van der Waals surface area contributed by atoms with Crippen LogP contribution in [0.3, 0.4) is 0 Å². The minimum Gasteiger partial charge on any atom is -0.495 e. The average Bonchev–Trinajstić information content (AvgIpc) is 2.62. The highest BCUT2D eigenvalue weighted by molar-refractivity contribution is 6.31. The van der Waals surface area contributed by atoms with Crippen molar-refractivity contribution < 1.29 is 14.3 Å². The Morgan fingerprint density at radius 2 is 2.04 bits per heavy atom. The van der Waals surface area contributed by atoms with Gasteiger partial charge in [0.25, 0.3) is 0 Å². The van der Waals surface area contributed by atoms with Gasteiger partial charge < -0.3 is 14.8 Å². The fourth-order valence-corrected chi connectivity index (χ4v) is 2.89. The third kappa shape index (κ3) is 3.58. The number of nitrogens with zero attached hydrogens (tertiary/aromatic N) is 1. The summed E-state index contributed by atoms with van der Waals surface area (Å²) in [6, 6.07) is 11.1. The predicted octanol–water partition coefficient (Wildman–Crippen LogP) is 5.13. The van der Waals surface area contributed by atoms with Crippen LogP contribution < -0.4 is 10.1 Å². The van der Waals surface area contributed by atoms with E-state index in [9.17, 15) is 4.79 Å². The molecule has 3 rings (SSSR count). The van der Waals surface area contributed by atoms with Crippen LogP contribution in [0.1, 0.15) is 22.8 Å². The van der Waals surface area contributed by atoms with E-state index >= 15 is 0 Å². The summed E-state index contributed by atoms with van der Waals surface area (Å²) in [6.45, 7) is 4.03. The van der Waals surface area contributed by atoms with Gasteiger partial charge in [0.2, 0.25) is 0 Å². The second-order valence-electron chi connectivity index (χ2n) is 5.76. The van der Waals surface area contributed by atoms with Crippen LogP contribution in [0.5, 0.6) is 5.75 Å². The number of halogens is 1. The van der Waals surface area contributed by atoms with Crippen LogP contribution in [0.4, 0.5) is 11.4 Å². The highest BCUT2D eigenvalue weighted by Gasteiger charge is 2.18. The first-order valence-electron chi connectivity index (χ1n) is 8.20. The zero-order chi connectivity index (χ0) is 18.7. The fourth-order valence-electron chi connectivity index (χ4n) is 2.72. The maximum atomic E-state index is 12.4.